The van der Waals surface area contributed by atoms with Gasteiger partial charge >= 0.3 is 5.69 Å². The van der Waals surface area contributed by atoms with Gasteiger partial charge < -0.3 is 5.32 Å². The lowest BCUT2D eigenvalue weighted by atomic mass is 9.90. The number of hydrogen-bond acceptors (Lipinski definition) is 3. The molecule has 3 aromatic rings. The van der Waals surface area contributed by atoms with E-state index in [-0.39, 0.29) is 12.5 Å². The number of anilines is 1. The van der Waals surface area contributed by atoms with Gasteiger partial charge in [-0.2, -0.15) is 0 Å². The molecule has 1 aromatic heterocycles. The largest absolute Gasteiger partial charge is 0.329 e. The summed E-state index contributed by atoms with van der Waals surface area (Å²) in [6, 6.07) is 12.7. The molecule has 26 heavy (non-hydrogen) atoms. The molecule has 2 aromatic carbocycles. The van der Waals surface area contributed by atoms with Crippen LogP contribution in [0.4, 0.5) is 5.69 Å². The molecule has 4 rings (SSSR count). The third kappa shape index (κ3) is 2.94. The first-order valence-electron chi connectivity index (χ1n) is 8.76. The van der Waals surface area contributed by atoms with Crippen molar-refractivity contribution in [1.29, 1.82) is 0 Å². The molecule has 0 atom stereocenters. The topological polar surface area (TPSA) is 84.0 Å². The fraction of sp³-hybridized carbons (Fsp3) is 0.250. The number of amides is 1. The van der Waals surface area contributed by atoms with Crippen LogP contribution in [0.5, 0.6) is 0 Å². The fourth-order valence-electron chi connectivity index (χ4n) is 3.63. The normalized spacial score (nSPS) is 13.4. The molecule has 6 nitrogen and oxygen atoms in total. The SMILES string of the molecule is O=C(Cn1c(=O)[nH]c(=O)c2ccccc21)Nc1cccc2c1CCCC2. The molecule has 0 saturated carbocycles. The van der Waals surface area contributed by atoms with Gasteiger partial charge in [-0.15, -0.1) is 0 Å². The minimum atomic E-state index is -0.584. The Morgan fingerprint density at radius 3 is 2.73 bits per heavy atom. The summed E-state index contributed by atoms with van der Waals surface area (Å²) >= 11 is 0. The van der Waals surface area contributed by atoms with Crippen LogP contribution in [0, 0.1) is 0 Å². The van der Waals surface area contributed by atoms with Crippen molar-refractivity contribution in [3.63, 3.8) is 0 Å². The highest BCUT2D eigenvalue weighted by molar-refractivity contribution is 5.92. The number of fused-ring (bicyclic) bond motifs is 2. The van der Waals surface area contributed by atoms with Crippen molar-refractivity contribution in [1.82, 2.24) is 9.55 Å². The summed E-state index contributed by atoms with van der Waals surface area (Å²) < 4.78 is 1.29. The van der Waals surface area contributed by atoms with Crippen molar-refractivity contribution in [2.45, 2.75) is 32.2 Å². The van der Waals surface area contributed by atoms with Gasteiger partial charge in [0.25, 0.3) is 5.56 Å². The van der Waals surface area contributed by atoms with Crippen LogP contribution in [0.15, 0.2) is 52.1 Å². The zero-order valence-corrected chi connectivity index (χ0v) is 14.2. The van der Waals surface area contributed by atoms with Gasteiger partial charge in [0.15, 0.2) is 0 Å². The van der Waals surface area contributed by atoms with E-state index < -0.39 is 11.2 Å². The highest BCUT2D eigenvalue weighted by Gasteiger charge is 2.16. The van der Waals surface area contributed by atoms with Crippen molar-refractivity contribution in [3.8, 4) is 0 Å². The molecule has 0 bridgehead atoms. The van der Waals surface area contributed by atoms with Crippen LogP contribution >= 0.6 is 0 Å². The predicted octanol–water partition coefficient (Wildman–Crippen LogP) is 2.21. The van der Waals surface area contributed by atoms with Crippen LogP contribution in [-0.2, 0) is 24.2 Å². The zero-order chi connectivity index (χ0) is 18.1. The number of hydrogen-bond donors (Lipinski definition) is 2. The molecule has 0 aliphatic heterocycles. The van der Waals surface area contributed by atoms with Crippen molar-refractivity contribution in [2.75, 3.05) is 5.32 Å². The number of H-pyrrole nitrogens is 1. The quantitative estimate of drug-likeness (QED) is 0.760. The molecule has 1 aliphatic carbocycles. The number of benzene rings is 2. The molecule has 0 radical (unpaired) electrons. The van der Waals surface area contributed by atoms with E-state index in [1.165, 1.54) is 22.1 Å². The fourth-order valence-corrected chi connectivity index (χ4v) is 3.63. The maximum atomic E-state index is 12.6. The Morgan fingerprint density at radius 1 is 1.04 bits per heavy atom. The van der Waals surface area contributed by atoms with Crippen molar-refractivity contribution >= 4 is 22.5 Å². The monoisotopic (exact) mass is 349 g/mol. The summed E-state index contributed by atoms with van der Waals surface area (Å²) in [5, 5.41) is 3.32. The lowest BCUT2D eigenvalue weighted by molar-refractivity contribution is -0.116. The molecule has 6 heteroatoms. The van der Waals surface area contributed by atoms with Crippen LogP contribution in [0.2, 0.25) is 0 Å². The summed E-state index contributed by atoms with van der Waals surface area (Å²) in [6.45, 7) is -0.153. The summed E-state index contributed by atoms with van der Waals surface area (Å²) in [7, 11) is 0. The Morgan fingerprint density at radius 2 is 1.85 bits per heavy atom. The first kappa shape index (κ1) is 16.3. The summed E-state index contributed by atoms with van der Waals surface area (Å²) in [4.78, 5) is 39.0. The molecular weight excluding hydrogens is 330 g/mol. The number of para-hydroxylation sites is 1. The molecule has 1 aliphatic rings. The second kappa shape index (κ2) is 6.63. The standard InChI is InChI=1S/C20H19N3O3/c24-18(21-16-10-5-7-13-6-1-2-8-14(13)16)12-23-17-11-4-3-9-15(17)19(25)22-20(23)26/h3-5,7,9-11H,1-2,6,8,12H2,(H,21,24)(H,22,25,26). The van der Waals surface area contributed by atoms with Crippen molar-refractivity contribution < 1.29 is 4.79 Å². The van der Waals surface area contributed by atoms with Gasteiger partial charge in [0, 0.05) is 5.69 Å². The predicted molar refractivity (Wildman–Crippen MR) is 101 cm³/mol. The maximum Gasteiger partial charge on any atom is 0.329 e. The molecule has 2 N–H and O–H groups in total. The Labute approximate surface area is 149 Å². The average Bonchev–Trinajstić information content (AvgIpc) is 2.65. The van der Waals surface area contributed by atoms with E-state index >= 15 is 0 Å². The Hall–Kier alpha value is -3.15. The Kier molecular flexibility index (Phi) is 4.16. The third-order valence-electron chi connectivity index (χ3n) is 4.88. The van der Waals surface area contributed by atoms with Gasteiger partial charge in [0.1, 0.15) is 6.54 Å². The van der Waals surface area contributed by atoms with E-state index in [0.717, 1.165) is 24.9 Å². The van der Waals surface area contributed by atoms with Crippen LogP contribution < -0.4 is 16.6 Å². The summed E-state index contributed by atoms with van der Waals surface area (Å²) in [5.41, 5.74) is 2.70. The minimum absolute atomic E-state index is 0.153. The van der Waals surface area contributed by atoms with Gasteiger partial charge in [0.2, 0.25) is 5.91 Å². The second-order valence-electron chi connectivity index (χ2n) is 6.56. The van der Waals surface area contributed by atoms with Gasteiger partial charge in [-0.25, -0.2) is 4.79 Å². The number of rotatable bonds is 3. The third-order valence-corrected chi connectivity index (χ3v) is 4.88. The van der Waals surface area contributed by atoms with Crippen LogP contribution in [0.1, 0.15) is 24.0 Å². The lowest BCUT2D eigenvalue weighted by Gasteiger charge is -2.19. The molecule has 1 heterocycles. The van der Waals surface area contributed by atoms with Crippen LogP contribution in [-0.4, -0.2) is 15.5 Å². The van der Waals surface area contributed by atoms with Gasteiger partial charge in [-0.3, -0.25) is 19.1 Å². The second-order valence-corrected chi connectivity index (χ2v) is 6.56. The summed E-state index contributed by atoms with van der Waals surface area (Å²) in [6.07, 6.45) is 4.27. The number of aromatic amines is 1. The molecule has 132 valence electrons. The van der Waals surface area contributed by atoms with Gasteiger partial charge in [-0.05, 0) is 55.0 Å². The average molecular weight is 349 g/mol. The highest BCUT2D eigenvalue weighted by Crippen LogP contribution is 2.27. The van der Waals surface area contributed by atoms with Crippen LogP contribution in [0.3, 0.4) is 0 Å². The number of aromatic nitrogens is 2. The molecular formula is C20H19N3O3. The van der Waals surface area contributed by atoms with E-state index in [1.807, 2.05) is 12.1 Å². The number of carbonyl (C=O) groups excluding carboxylic acids is 1. The minimum Gasteiger partial charge on any atom is -0.324 e. The molecule has 0 saturated heterocycles. The smallest absolute Gasteiger partial charge is 0.324 e. The lowest BCUT2D eigenvalue weighted by Crippen LogP contribution is -2.34. The van der Waals surface area contributed by atoms with Crippen molar-refractivity contribution in [2.24, 2.45) is 0 Å². The van der Waals surface area contributed by atoms with Crippen LogP contribution in [0.25, 0.3) is 10.9 Å². The maximum absolute atomic E-state index is 12.6. The van der Waals surface area contributed by atoms with E-state index in [4.69, 9.17) is 0 Å². The van der Waals surface area contributed by atoms with E-state index in [9.17, 15) is 14.4 Å². The number of carbonyl (C=O) groups is 1. The molecule has 1 amide bonds. The van der Waals surface area contributed by atoms with Gasteiger partial charge in [0.05, 0.1) is 10.9 Å². The molecule has 0 spiro atoms. The molecule has 0 fully saturated rings. The van der Waals surface area contributed by atoms with E-state index in [0.29, 0.717) is 10.9 Å². The highest BCUT2D eigenvalue weighted by atomic mass is 16.2. The number of aryl methyl sites for hydroxylation is 1. The van der Waals surface area contributed by atoms with Crippen molar-refractivity contribution in [3.05, 3.63) is 74.4 Å². The molecule has 0 unspecified atom stereocenters. The number of nitrogens with zero attached hydrogens (tertiary/aromatic N) is 1. The Balaban J connectivity index is 1.65. The first-order chi connectivity index (χ1) is 12.6. The zero-order valence-electron chi connectivity index (χ0n) is 14.2. The van der Waals surface area contributed by atoms with E-state index in [2.05, 4.69) is 16.4 Å². The van der Waals surface area contributed by atoms with E-state index in [1.54, 1.807) is 24.3 Å². The first-order valence-corrected chi connectivity index (χ1v) is 8.76. The number of nitrogens with one attached hydrogen (secondary N) is 2. The van der Waals surface area contributed by atoms with Gasteiger partial charge in [-0.1, -0.05) is 24.3 Å². The summed E-state index contributed by atoms with van der Waals surface area (Å²) in [5.74, 6) is -0.289. The Bertz CT molecular complexity index is 1110.